The molecule has 112 valence electrons. The third-order valence-electron chi connectivity index (χ3n) is 3.54. The lowest BCUT2D eigenvalue weighted by Gasteiger charge is -2.13. The molecule has 0 amide bonds. The van der Waals surface area contributed by atoms with Crippen molar-refractivity contribution in [1.82, 2.24) is 4.57 Å². The van der Waals surface area contributed by atoms with Crippen LogP contribution in [0.5, 0.6) is 0 Å². The van der Waals surface area contributed by atoms with Crippen LogP contribution in [0.4, 0.5) is 4.39 Å². The number of unbranched alkanes of at least 4 members (excludes halogenated alkanes) is 1. The number of hydrogen-bond donors (Lipinski definition) is 1. The summed E-state index contributed by atoms with van der Waals surface area (Å²) >= 11 is 0. The zero-order valence-electron chi connectivity index (χ0n) is 12.2. The van der Waals surface area contributed by atoms with E-state index in [1.807, 2.05) is 12.1 Å². The van der Waals surface area contributed by atoms with E-state index in [4.69, 9.17) is 5.11 Å². The molecule has 0 saturated heterocycles. The molecule has 4 heteroatoms. The lowest BCUT2D eigenvalue weighted by molar-refractivity contribution is -0.136. The number of aryl methyl sites for hydroxylation is 1. The largest absolute Gasteiger partial charge is 0.481 e. The first-order valence-corrected chi connectivity index (χ1v) is 7.28. The molecular weight excluding hydrogens is 269 g/mol. The van der Waals surface area contributed by atoms with E-state index in [1.165, 1.54) is 12.1 Å². The van der Waals surface area contributed by atoms with Crippen molar-refractivity contribution in [2.75, 3.05) is 0 Å². The minimum Gasteiger partial charge on any atom is -0.481 e. The fourth-order valence-corrected chi connectivity index (χ4v) is 2.42. The second kappa shape index (κ2) is 7.07. The van der Waals surface area contributed by atoms with Gasteiger partial charge in [-0.2, -0.15) is 0 Å². The zero-order chi connectivity index (χ0) is 15.2. The molecule has 1 heterocycles. The van der Waals surface area contributed by atoms with Gasteiger partial charge in [0.05, 0.1) is 6.42 Å². The lowest BCUT2D eigenvalue weighted by atomic mass is 10.1. The Balaban J connectivity index is 2.31. The fourth-order valence-electron chi connectivity index (χ4n) is 2.42. The Kier molecular flexibility index (Phi) is 5.14. The summed E-state index contributed by atoms with van der Waals surface area (Å²) in [6, 6.07) is 10.4. The van der Waals surface area contributed by atoms with Gasteiger partial charge in [0.2, 0.25) is 0 Å². The SMILES string of the molecule is CCCCn1c(CCC(=O)O)ccc1-c1ccc(F)cc1. The van der Waals surface area contributed by atoms with E-state index in [0.29, 0.717) is 6.42 Å². The second-order valence-corrected chi connectivity index (χ2v) is 5.12. The molecule has 0 fully saturated rings. The fraction of sp³-hybridized carbons (Fsp3) is 0.353. The van der Waals surface area contributed by atoms with Gasteiger partial charge in [-0.1, -0.05) is 13.3 Å². The summed E-state index contributed by atoms with van der Waals surface area (Å²) < 4.78 is 15.2. The van der Waals surface area contributed by atoms with Crippen LogP contribution in [0.25, 0.3) is 11.3 Å². The molecule has 1 N–H and O–H groups in total. The van der Waals surface area contributed by atoms with Crippen molar-refractivity contribution in [2.24, 2.45) is 0 Å². The average molecular weight is 289 g/mol. The van der Waals surface area contributed by atoms with E-state index in [-0.39, 0.29) is 12.2 Å². The molecule has 0 aliphatic heterocycles. The van der Waals surface area contributed by atoms with Gasteiger partial charge in [-0.3, -0.25) is 4.79 Å². The highest BCUT2D eigenvalue weighted by molar-refractivity contribution is 5.67. The monoisotopic (exact) mass is 289 g/mol. The van der Waals surface area contributed by atoms with Crippen molar-refractivity contribution < 1.29 is 14.3 Å². The number of aliphatic carboxylic acids is 1. The minimum atomic E-state index is -0.790. The number of carboxylic acids is 1. The van der Waals surface area contributed by atoms with Crippen LogP contribution in [0.15, 0.2) is 36.4 Å². The topological polar surface area (TPSA) is 42.2 Å². The average Bonchev–Trinajstić information content (AvgIpc) is 2.86. The Bertz CT molecular complexity index is 602. The molecule has 1 aromatic carbocycles. The van der Waals surface area contributed by atoms with Crippen LogP contribution in [-0.2, 0) is 17.8 Å². The summed E-state index contributed by atoms with van der Waals surface area (Å²) in [6.45, 7) is 2.98. The summed E-state index contributed by atoms with van der Waals surface area (Å²) in [5, 5.41) is 8.85. The molecular formula is C17H20FNO2. The van der Waals surface area contributed by atoms with Crippen molar-refractivity contribution in [2.45, 2.75) is 39.2 Å². The summed E-state index contributed by atoms with van der Waals surface area (Å²) in [6.07, 6.45) is 2.74. The summed E-state index contributed by atoms with van der Waals surface area (Å²) in [4.78, 5) is 10.8. The lowest BCUT2D eigenvalue weighted by Crippen LogP contribution is -2.07. The third-order valence-corrected chi connectivity index (χ3v) is 3.54. The Labute approximate surface area is 124 Å². The van der Waals surface area contributed by atoms with Gasteiger partial charge in [-0.05, 0) is 54.8 Å². The van der Waals surface area contributed by atoms with Gasteiger partial charge >= 0.3 is 5.97 Å². The van der Waals surface area contributed by atoms with Gasteiger partial charge in [0.1, 0.15) is 5.82 Å². The van der Waals surface area contributed by atoms with Gasteiger partial charge in [-0.25, -0.2) is 4.39 Å². The molecule has 0 unspecified atom stereocenters. The number of benzene rings is 1. The van der Waals surface area contributed by atoms with Crippen LogP contribution in [-0.4, -0.2) is 15.6 Å². The van der Waals surface area contributed by atoms with E-state index in [1.54, 1.807) is 12.1 Å². The number of aromatic nitrogens is 1. The van der Waals surface area contributed by atoms with Crippen molar-refractivity contribution in [1.29, 1.82) is 0 Å². The van der Waals surface area contributed by atoms with Crippen LogP contribution in [0.1, 0.15) is 31.9 Å². The van der Waals surface area contributed by atoms with Crippen LogP contribution < -0.4 is 0 Å². The first-order chi connectivity index (χ1) is 10.1. The first kappa shape index (κ1) is 15.3. The molecule has 0 aliphatic rings. The van der Waals surface area contributed by atoms with Crippen LogP contribution in [0.2, 0.25) is 0 Å². The molecule has 0 atom stereocenters. The van der Waals surface area contributed by atoms with E-state index in [2.05, 4.69) is 11.5 Å². The predicted molar refractivity (Wildman–Crippen MR) is 80.7 cm³/mol. The maximum Gasteiger partial charge on any atom is 0.303 e. The number of hydrogen-bond acceptors (Lipinski definition) is 1. The van der Waals surface area contributed by atoms with Crippen LogP contribution in [0.3, 0.4) is 0 Å². The van der Waals surface area contributed by atoms with Gasteiger partial charge in [0.25, 0.3) is 0 Å². The molecule has 3 nitrogen and oxygen atoms in total. The Morgan fingerprint density at radius 3 is 2.52 bits per heavy atom. The van der Waals surface area contributed by atoms with Crippen LogP contribution in [0, 0.1) is 5.82 Å². The number of carbonyl (C=O) groups is 1. The number of halogens is 1. The Morgan fingerprint density at radius 1 is 1.19 bits per heavy atom. The normalized spacial score (nSPS) is 10.8. The molecule has 2 rings (SSSR count). The van der Waals surface area contributed by atoms with E-state index < -0.39 is 5.97 Å². The van der Waals surface area contributed by atoms with Gasteiger partial charge in [0, 0.05) is 17.9 Å². The highest BCUT2D eigenvalue weighted by atomic mass is 19.1. The Hall–Kier alpha value is -2.10. The van der Waals surface area contributed by atoms with Crippen molar-refractivity contribution >= 4 is 5.97 Å². The van der Waals surface area contributed by atoms with Gasteiger partial charge < -0.3 is 9.67 Å². The number of rotatable bonds is 7. The maximum absolute atomic E-state index is 13.0. The second-order valence-electron chi connectivity index (χ2n) is 5.12. The molecule has 0 spiro atoms. The summed E-state index contributed by atoms with van der Waals surface area (Å²) in [7, 11) is 0. The van der Waals surface area contributed by atoms with Gasteiger partial charge in [0.15, 0.2) is 0 Å². The number of nitrogens with zero attached hydrogens (tertiary/aromatic N) is 1. The maximum atomic E-state index is 13.0. The molecule has 1 aromatic heterocycles. The molecule has 21 heavy (non-hydrogen) atoms. The van der Waals surface area contributed by atoms with E-state index in [0.717, 1.165) is 36.3 Å². The van der Waals surface area contributed by atoms with Gasteiger partial charge in [-0.15, -0.1) is 0 Å². The van der Waals surface area contributed by atoms with Crippen molar-refractivity contribution in [3.05, 3.63) is 47.9 Å². The van der Waals surface area contributed by atoms with Crippen molar-refractivity contribution in [3.63, 3.8) is 0 Å². The quantitative estimate of drug-likeness (QED) is 0.833. The smallest absolute Gasteiger partial charge is 0.303 e. The molecule has 0 bridgehead atoms. The molecule has 0 radical (unpaired) electrons. The van der Waals surface area contributed by atoms with Crippen LogP contribution >= 0.6 is 0 Å². The van der Waals surface area contributed by atoms with E-state index >= 15 is 0 Å². The highest BCUT2D eigenvalue weighted by Crippen LogP contribution is 2.24. The summed E-state index contributed by atoms with van der Waals surface area (Å²) in [5.41, 5.74) is 2.99. The predicted octanol–water partition coefficient (Wildman–Crippen LogP) is 4.11. The molecule has 2 aromatic rings. The van der Waals surface area contributed by atoms with E-state index in [9.17, 15) is 9.18 Å². The molecule has 0 aliphatic carbocycles. The minimum absolute atomic E-state index is 0.124. The standard InChI is InChI=1S/C17H20FNO2/c1-2-3-12-19-15(9-11-17(20)21)8-10-16(19)13-4-6-14(18)7-5-13/h4-8,10H,2-3,9,11-12H2,1H3,(H,20,21). The number of carboxylic acid groups (broad SMARTS) is 1. The van der Waals surface area contributed by atoms with Crippen molar-refractivity contribution in [3.8, 4) is 11.3 Å². The summed E-state index contributed by atoms with van der Waals surface area (Å²) in [5.74, 6) is -1.04. The third kappa shape index (κ3) is 3.94. The highest BCUT2D eigenvalue weighted by Gasteiger charge is 2.11. The first-order valence-electron chi connectivity index (χ1n) is 7.28. The Morgan fingerprint density at radius 2 is 1.90 bits per heavy atom. The molecule has 0 saturated carbocycles. The zero-order valence-corrected chi connectivity index (χ0v) is 12.2.